The summed E-state index contributed by atoms with van der Waals surface area (Å²) >= 11 is 0. The molecule has 1 unspecified atom stereocenters. The van der Waals surface area contributed by atoms with Crippen molar-refractivity contribution in [2.24, 2.45) is 0 Å². The molecule has 8 heavy (non-hydrogen) atoms. The van der Waals surface area contributed by atoms with Crippen LogP contribution >= 0.6 is 0 Å². The van der Waals surface area contributed by atoms with E-state index in [1.165, 1.54) is 6.32 Å². The van der Waals surface area contributed by atoms with Crippen molar-refractivity contribution in [2.45, 2.75) is 37.2 Å². The molecule has 0 saturated carbocycles. The maximum absolute atomic E-state index is 2.56. The zero-order valence-electron chi connectivity index (χ0n) is 5.78. The molecule has 0 aromatic heterocycles. The van der Waals surface area contributed by atoms with Gasteiger partial charge in [0.1, 0.15) is 0 Å². The second-order valence-corrected chi connectivity index (χ2v) is 7.37. The van der Waals surface area contributed by atoms with Gasteiger partial charge in [-0.2, -0.15) is 0 Å². The molecule has 42 valence electrons. The van der Waals surface area contributed by atoms with Gasteiger partial charge >= 0.3 is 52.7 Å². The van der Waals surface area contributed by atoms with E-state index in [0.717, 1.165) is 10.1 Å². The summed E-state index contributed by atoms with van der Waals surface area (Å²) in [5, 5.41) is 1.59. The Balaban J connectivity index is 2.28. The minimum atomic E-state index is 0.0736. The first-order chi connectivity index (χ1) is 3.59. The maximum atomic E-state index is 2.56. The third kappa shape index (κ3) is 0.274. The minimum absolute atomic E-state index is 0.0736. The Morgan fingerprint density at radius 2 is 1.88 bits per heavy atom. The molecular formula is C6H11BSi. The summed E-state index contributed by atoms with van der Waals surface area (Å²) in [6, 6.07) is 0. The van der Waals surface area contributed by atoms with Crippen molar-refractivity contribution in [1.29, 1.82) is 0 Å². The summed E-state index contributed by atoms with van der Waals surface area (Å²) in [7, 11) is 0.0736. The second-order valence-electron chi connectivity index (χ2n) is 3.78. The van der Waals surface area contributed by atoms with Gasteiger partial charge in [-0.05, 0) is 0 Å². The van der Waals surface area contributed by atoms with E-state index in [4.69, 9.17) is 0 Å². The molecule has 2 saturated heterocycles. The third-order valence-electron chi connectivity index (χ3n) is 3.30. The third-order valence-corrected chi connectivity index (χ3v) is 7.58. The predicted molar refractivity (Wildman–Crippen MR) is 38.7 cm³/mol. The van der Waals surface area contributed by atoms with E-state index in [2.05, 4.69) is 27.6 Å². The van der Waals surface area contributed by atoms with Gasteiger partial charge in [-0.3, -0.25) is 0 Å². The Hall–Kier alpha value is 0.282. The monoisotopic (exact) mass is 122 g/mol. The first-order valence-electron chi connectivity index (χ1n) is 3.30. The molecule has 2 rings (SSSR count). The van der Waals surface area contributed by atoms with Crippen LogP contribution in [0.2, 0.25) is 16.4 Å². The molecule has 0 aromatic carbocycles. The van der Waals surface area contributed by atoms with Gasteiger partial charge < -0.3 is 0 Å². The van der Waals surface area contributed by atoms with Crippen LogP contribution < -0.4 is 0 Å². The van der Waals surface area contributed by atoms with Crippen LogP contribution in [0, 0.1) is 0 Å². The number of rotatable bonds is 0. The zero-order chi connectivity index (χ0) is 5.99. The fourth-order valence-electron chi connectivity index (χ4n) is 1.98. The predicted octanol–water partition coefficient (Wildman–Crippen LogP) is 1.67. The molecule has 0 aromatic rings. The van der Waals surface area contributed by atoms with Crippen LogP contribution in [0.5, 0.6) is 0 Å². The van der Waals surface area contributed by atoms with Crippen LogP contribution in [0.1, 0.15) is 20.8 Å². The van der Waals surface area contributed by atoms with Crippen molar-refractivity contribution in [3.05, 3.63) is 0 Å². The van der Waals surface area contributed by atoms with E-state index in [1.807, 2.05) is 0 Å². The Morgan fingerprint density at radius 1 is 1.38 bits per heavy atom. The SMILES string of the molecule is CC1(C)[Si-]2[B+]CC21C. The number of hydrogen-bond donors (Lipinski definition) is 0. The van der Waals surface area contributed by atoms with E-state index in [1.54, 1.807) is 0 Å². The van der Waals surface area contributed by atoms with E-state index in [9.17, 15) is 0 Å². The summed E-state index contributed by atoms with van der Waals surface area (Å²) in [4.78, 5) is 0. The van der Waals surface area contributed by atoms with Crippen molar-refractivity contribution >= 4 is 15.5 Å². The van der Waals surface area contributed by atoms with Crippen molar-refractivity contribution in [2.75, 3.05) is 0 Å². The molecule has 2 aliphatic rings. The second kappa shape index (κ2) is 0.962. The summed E-state index contributed by atoms with van der Waals surface area (Å²) in [5.74, 6) is 0. The molecule has 0 N–H and O–H groups in total. The van der Waals surface area contributed by atoms with E-state index >= 15 is 0 Å². The van der Waals surface area contributed by atoms with Gasteiger partial charge in [0.2, 0.25) is 0 Å². The molecular weight excluding hydrogens is 111 g/mol. The van der Waals surface area contributed by atoms with Crippen LogP contribution in [0.25, 0.3) is 0 Å². The molecule has 2 heterocycles. The van der Waals surface area contributed by atoms with Crippen LogP contribution in [0.15, 0.2) is 0 Å². The van der Waals surface area contributed by atoms with Gasteiger partial charge in [0.15, 0.2) is 0 Å². The molecule has 2 aliphatic heterocycles. The number of fused-ring (bicyclic) bond motifs is 1. The molecule has 0 radical (unpaired) electrons. The molecule has 0 aliphatic carbocycles. The molecule has 0 spiro atoms. The van der Waals surface area contributed by atoms with Crippen molar-refractivity contribution in [1.82, 2.24) is 0 Å². The van der Waals surface area contributed by atoms with Gasteiger partial charge in [0.05, 0.1) is 0 Å². The standard InChI is InChI=1S/C6H11BSi/c1-5(2)6(3)4-7-8(5)6/h4H2,1-3H3. The van der Waals surface area contributed by atoms with Gasteiger partial charge in [0, 0.05) is 0 Å². The molecule has 2 heteroatoms. The first-order valence-corrected chi connectivity index (χ1v) is 4.88. The Kier molecular flexibility index (Phi) is 0.613. The van der Waals surface area contributed by atoms with Crippen LogP contribution in [0.3, 0.4) is 0 Å². The summed E-state index contributed by atoms with van der Waals surface area (Å²) < 4.78 is 0. The zero-order valence-corrected chi connectivity index (χ0v) is 6.78. The number of hydrogen-bond acceptors (Lipinski definition) is 0. The average molecular weight is 122 g/mol. The fourth-order valence-corrected chi connectivity index (χ4v) is 5.76. The Labute approximate surface area is 53.5 Å². The van der Waals surface area contributed by atoms with Crippen molar-refractivity contribution in [3.8, 4) is 0 Å². The molecule has 0 bridgehead atoms. The summed E-state index contributed by atoms with van der Waals surface area (Å²) in [5.41, 5.74) is 0. The van der Waals surface area contributed by atoms with E-state index in [-0.39, 0.29) is 8.67 Å². The quantitative estimate of drug-likeness (QED) is 0.428. The van der Waals surface area contributed by atoms with Crippen LogP contribution in [-0.4, -0.2) is 15.5 Å². The van der Waals surface area contributed by atoms with Crippen molar-refractivity contribution in [3.63, 3.8) is 0 Å². The van der Waals surface area contributed by atoms with Gasteiger partial charge in [-0.25, -0.2) is 0 Å². The summed E-state index contributed by atoms with van der Waals surface area (Å²) in [6.07, 6.45) is 1.41. The first kappa shape index (κ1) is 5.10. The molecule has 2 fully saturated rings. The topological polar surface area (TPSA) is 0 Å². The van der Waals surface area contributed by atoms with E-state index in [0.29, 0.717) is 0 Å². The van der Waals surface area contributed by atoms with Gasteiger partial charge in [-0.15, -0.1) is 0 Å². The average Bonchev–Trinajstić information content (AvgIpc) is 1.80. The molecule has 0 nitrogen and oxygen atoms in total. The summed E-state index contributed by atoms with van der Waals surface area (Å²) in [6.45, 7) is 9.85. The Bertz CT molecular complexity index is 134. The van der Waals surface area contributed by atoms with Crippen molar-refractivity contribution < 1.29 is 0 Å². The normalized spacial score (nSPS) is 47.9. The molecule has 1 atom stereocenters. The van der Waals surface area contributed by atoms with Crippen LogP contribution in [-0.2, 0) is 0 Å². The van der Waals surface area contributed by atoms with Crippen LogP contribution in [0.4, 0.5) is 0 Å². The Morgan fingerprint density at radius 3 is 1.88 bits per heavy atom. The molecule has 0 amide bonds. The fraction of sp³-hybridized carbons (Fsp3) is 1.00. The van der Waals surface area contributed by atoms with E-state index < -0.39 is 0 Å². The van der Waals surface area contributed by atoms with Gasteiger partial charge in [-0.1, -0.05) is 0 Å². The van der Waals surface area contributed by atoms with Gasteiger partial charge in [0.25, 0.3) is 0 Å².